The maximum absolute atomic E-state index is 11.7. The third kappa shape index (κ3) is 4.20. The number of carbonyl (C=O) groups excluding carboxylic acids is 1. The quantitative estimate of drug-likeness (QED) is 0.853. The van der Waals surface area contributed by atoms with Crippen LogP contribution < -0.4 is 11.1 Å². The molecule has 0 aliphatic heterocycles. The van der Waals surface area contributed by atoms with Crippen molar-refractivity contribution >= 4 is 29.7 Å². The molecule has 0 bridgehead atoms. The van der Waals surface area contributed by atoms with Crippen LogP contribution in [0.15, 0.2) is 17.5 Å². The molecule has 2 atom stereocenters. The molecule has 0 saturated carbocycles. The summed E-state index contributed by atoms with van der Waals surface area (Å²) >= 11 is 1.60. The Labute approximate surface area is 100 Å². The van der Waals surface area contributed by atoms with Crippen molar-refractivity contribution in [3.8, 4) is 0 Å². The highest BCUT2D eigenvalue weighted by Crippen LogP contribution is 2.20. The zero-order valence-electron chi connectivity index (χ0n) is 8.90. The van der Waals surface area contributed by atoms with Gasteiger partial charge in [0.1, 0.15) is 0 Å². The normalized spacial score (nSPS) is 13.8. The molecular weight excluding hydrogens is 232 g/mol. The molecule has 86 valence electrons. The van der Waals surface area contributed by atoms with Crippen LogP contribution in [0.2, 0.25) is 0 Å². The van der Waals surface area contributed by atoms with E-state index in [0.717, 1.165) is 4.88 Å². The molecule has 0 aliphatic carbocycles. The Hall–Kier alpha value is -0.580. The average molecular weight is 249 g/mol. The summed E-state index contributed by atoms with van der Waals surface area (Å²) in [4.78, 5) is 12.7. The smallest absolute Gasteiger partial charge is 0.228 e. The van der Waals surface area contributed by atoms with E-state index in [-0.39, 0.29) is 30.3 Å². The first-order chi connectivity index (χ1) is 6.65. The van der Waals surface area contributed by atoms with Gasteiger partial charge < -0.3 is 11.1 Å². The van der Waals surface area contributed by atoms with Crippen LogP contribution in [0.1, 0.15) is 24.6 Å². The summed E-state index contributed by atoms with van der Waals surface area (Å²) in [7, 11) is 0. The molecule has 0 spiro atoms. The fourth-order valence-electron chi connectivity index (χ4n) is 1.09. The van der Waals surface area contributed by atoms with Gasteiger partial charge in [0.2, 0.25) is 5.91 Å². The van der Waals surface area contributed by atoms with E-state index in [1.165, 1.54) is 0 Å². The maximum Gasteiger partial charge on any atom is 0.228 e. The molecule has 0 aromatic carbocycles. The van der Waals surface area contributed by atoms with Gasteiger partial charge in [-0.3, -0.25) is 4.79 Å². The average Bonchev–Trinajstić information content (AvgIpc) is 2.69. The predicted octanol–water partition coefficient (Wildman–Crippen LogP) is 1.74. The molecule has 1 aromatic rings. The number of nitrogens with one attached hydrogen (secondary N) is 1. The highest BCUT2D eigenvalue weighted by atomic mass is 35.5. The number of nitrogens with two attached hydrogens (primary N) is 1. The van der Waals surface area contributed by atoms with Crippen LogP contribution in [0.5, 0.6) is 0 Å². The van der Waals surface area contributed by atoms with E-state index in [9.17, 15) is 4.79 Å². The molecule has 3 N–H and O–H groups in total. The van der Waals surface area contributed by atoms with Crippen molar-refractivity contribution in [3.05, 3.63) is 22.4 Å². The Bertz CT molecular complexity index is 290. The minimum Gasteiger partial charge on any atom is -0.352 e. The van der Waals surface area contributed by atoms with E-state index >= 15 is 0 Å². The lowest BCUT2D eigenvalue weighted by atomic mass is 10.1. The Morgan fingerprint density at radius 2 is 2.27 bits per heavy atom. The number of hydrogen-bond donors (Lipinski definition) is 2. The van der Waals surface area contributed by atoms with Crippen LogP contribution in [0.4, 0.5) is 0 Å². The van der Waals surface area contributed by atoms with Crippen LogP contribution in [0.3, 0.4) is 0 Å². The minimum absolute atomic E-state index is 0. The molecule has 1 rings (SSSR count). The van der Waals surface area contributed by atoms with Gasteiger partial charge in [-0.15, -0.1) is 23.7 Å². The van der Waals surface area contributed by atoms with Gasteiger partial charge >= 0.3 is 0 Å². The van der Waals surface area contributed by atoms with Crippen molar-refractivity contribution in [2.45, 2.75) is 25.8 Å². The zero-order valence-corrected chi connectivity index (χ0v) is 10.5. The summed E-state index contributed by atoms with van der Waals surface area (Å²) in [5, 5.41) is 4.84. The molecule has 0 fully saturated rings. The highest BCUT2D eigenvalue weighted by Gasteiger charge is 2.16. The third-order valence-corrected chi connectivity index (χ3v) is 3.16. The van der Waals surface area contributed by atoms with E-state index in [0.29, 0.717) is 6.54 Å². The van der Waals surface area contributed by atoms with Crippen molar-refractivity contribution in [1.29, 1.82) is 0 Å². The first kappa shape index (κ1) is 14.4. The van der Waals surface area contributed by atoms with Crippen LogP contribution in [-0.4, -0.2) is 18.5 Å². The fourth-order valence-corrected chi connectivity index (χ4v) is 1.88. The molecule has 5 heteroatoms. The summed E-state index contributed by atoms with van der Waals surface area (Å²) in [6.07, 6.45) is 0. The van der Waals surface area contributed by atoms with Gasteiger partial charge in [-0.05, 0) is 25.3 Å². The molecule has 0 aliphatic rings. The number of amides is 1. The summed E-state index contributed by atoms with van der Waals surface area (Å²) in [5.41, 5.74) is 5.43. The van der Waals surface area contributed by atoms with Crippen LogP contribution in [0.25, 0.3) is 0 Å². The molecule has 1 amide bonds. The standard InChI is InChI=1S/C10H16N2OS.ClH/c1-7(6-11)12-10(13)8(2)9-4-3-5-14-9;/h3-5,7-8H,6,11H2,1-2H3,(H,12,13);1H/t7-,8?;/m0./s1. The Kier molecular flexibility index (Phi) is 6.56. The first-order valence-corrected chi connectivity index (χ1v) is 5.57. The Morgan fingerprint density at radius 1 is 1.60 bits per heavy atom. The molecular formula is C10H17ClN2OS. The van der Waals surface area contributed by atoms with E-state index < -0.39 is 0 Å². The summed E-state index contributed by atoms with van der Waals surface area (Å²) < 4.78 is 0. The summed E-state index contributed by atoms with van der Waals surface area (Å²) in [5.74, 6) is -0.0330. The van der Waals surface area contributed by atoms with Gasteiger partial charge in [0.15, 0.2) is 0 Å². The van der Waals surface area contributed by atoms with Crippen molar-refractivity contribution in [2.75, 3.05) is 6.54 Å². The molecule has 0 saturated heterocycles. The van der Waals surface area contributed by atoms with Crippen molar-refractivity contribution in [2.24, 2.45) is 5.73 Å². The fraction of sp³-hybridized carbons (Fsp3) is 0.500. The molecule has 15 heavy (non-hydrogen) atoms. The highest BCUT2D eigenvalue weighted by molar-refractivity contribution is 7.10. The largest absolute Gasteiger partial charge is 0.352 e. The SMILES string of the molecule is CC(C(=O)N[C@@H](C)CN)c1cccs1.Cl. The van der Waals surface area contributed by atoms with Gasteiger partial charge in [0.25, 0.3) is 0 Å². The number of thiophene rings is 1. The number of rotatable bonds is 4. The predicted molar refractivity (Wildman–Crippen MR) is 66.6 cm³/mol. The topological polar surface area (TPSA) is 55.1 Å². The number of hydrogen-bond acceptors (Lipinski definition) is 3. The molecule has 3 nitrogen and oxygen atoms in total. The van der Waals surface area contributed by atoms with Crippen molar-refractivity contribution in [1.82, 2.24) is 5.32 Å². The second kappa shape index (κ2) is 6.82. The van der Waals surface area contributed by atoms with Crippen LogP contribution in [-0.2, 0) is 4.79 Å². The molecule has 1 unspecified atom stereocenters. The van der Waals surface area contributed by atoms with Gasteiger partial charge in [-0.2, -0.15) is 0 Å². The van der Waals surface area contributed by atoms with Crippen LogP contribution >= 0.6 is 23.7 Å². The molecule has 0 radical (unpaired) electrons. The minimum atomic E-state index is -0.0796. The lowest BCUT2D eigenvalue weighted by Gasteiger charge is -2.14. The van der Waals surface area contributed by atoms with Crippen molar-refractivity contribution in [3.63, 3.8) is 0 Å². The first-order valence-electron chi connectivity index (χ1n) is 4.69. The summed E-state index contributed by atoms with van der Waals surface area (Å²) in [6.45, 7) is 4.28. The summed E-state index contributed by atoms with van der Waals surface area (Å²) in [6, 6.07) is 3.97. The van der Waals surface area contributed by atoms with E-state index in [2.05, 4.69) is 5.32 Å². The maximum atomic E-state index is 11.7. The molecule has 1 heterocycles. The number of carbonyl (C=O) groups is 1. The number of halogens is 1. The lowest BCUT2D eigenvalue weighted by molar-refractivity contribution is -0.122. The monoisotopic (exact) mass is 248 g/mol. The molecule has 1 aromatic heterocycles. The zero-order chi connectivity index (χ0) is 10.6. The second-order valence-corrected chi connectivity index (χ2v) is 4.36. The van der Waals surface area contributed by atoms with Gasteiger partial charge in [-0.1, -0.05) is 6.07 Å². The van der Waals surface area contributed by atoms with E-state index in [1.54, 1.807) is 11.3 Å². The second-order valence-electron chi connectivity index (χ2n) is 3.38. The van der Waals surface area contributed by atoms with Gasteiger partial charge in [0, 0.05) is 17.5 Å². The van der Waals surface area contributed by atoms with E-state index in [4.69, 9.17) is 5.73 Å². The third-order valence-electron chi connectivity index (χ3n) is 2.11. The Balaban J connectivity index is 0.00000196. The lowest BCUT2D eigenvalue weighted by Crippen LogP contribution is -2.39. The van der Waals surface area contributed by atoms with Crippen molar-refractivity contribution < 1.29 is 4.79 Å². The Morgan fingerprint density at radius 3 is 2.73 bits per heavy atom. The van der Waals surface area contributed by atoms with Gasteiger partial charge in [0.05, 0.1) is 5.92 Å². The van der Waals surface area contributed by atoms with E-state index in [1.807, 2.05) is 31.4 Å². The van der Waals surface area contributed by atoms with Crippen LogP contribution in [0, 0.1) is 0 Å². The van der Waals surface area contributed by atoms with Gasteiger partial charge in [-0.25, -0.2) is 0 Å².